The normalized spacial score (nSPS) is 18.2. The van der Waals surface area contributed by atoms with Crippen LogP contribution in [0.4, 0.5) is 0 Å². The van der Waals surface area contributed by atoms with E-state index in [9.17, 15) is 0 Å². The summed E-state index contributed by atoms with van der Waals surface area (Å²) in [6.07, 6.45) is 0.985. The second-order valence-electron chi connectivity index (χ2n) is 4.14. The van der Waals surface area contributed by atoms with Crippen LogP contribution in [0.2, 0.25) is 0 Å². The molecule has 0 rings (SSSR count). The number of likely N-dealkylation sites (N-methyl/N-ethyl adjacent to an activating group) is 2. The molecule has 0 fully saturated rings. The summed E-state index contributed by atoms with van der Waals surface area (Å²) in [5, 5.41) is 9.71. The molecule has 0 radical (unpaired) electrons. The van der Waals surface area contributed by atoms with Gasteiger partial charge in [0.15, 0.2) is 0 Å². The first-order chi connectivity index (χ1) is 6.50. The van der Waals surface area contributed by atoms with Crippen LogP contribution in [-0.4, -0.2) is 32.5 Å². The summed E-state index contributed by atoms with van der Waals surface area (Å²) < 4.78 is 0. The molecule has 0 bridgehead atoms. The van der Waals surface area contributed by atoms with E-state index in [2.05, 4.69) is 36.7 Å². The number of rotatable bonds is 7. The molecule has 0 amide bonds. The third-order valence-electron chi connectivity index (χ3n) is 2.52. The molecule has 0 aliphatic rings. The second-order valence-corrected chi connectivity index (χ2v) is 4.14. The molecule has 0 aliphatic carbocycles. The fourth-order valence-corrected chi connectivity index (χ4v) is 1.51. The Hall–Kier alpha value is -0.160. The predicted molar refractivity (Wildman–Crippen MR) is 62.0 cm³/mol. The van der Waals surface area contributed by atoms with Gasteiger partial charge in [-0.1, -0.05) is 20.8 Å². The zero-order valence-corrected chi connectivity index (χ0v) is 10.1. The quantitative estimate of drug-likeness (QED) is 0.441. The minimum Gasteiger partial charge on any atom is -0.313 e. The summed E-state index contributed by atoms with van der Waals surface area (Å²) in [5.74, 6) is 0.0777. The molecular formula is C10H26N4. The van der Waals surface area contributed by atoms with E-state index in [0.29, 0.717) is 5.92 Å². The summed E-state index contributed by atoms with van der Waals surface area (Å²) in [7, 11) is 3.82. The first-order valence-electron chi connectivity index (χ1n) is 5.40. The van der Waals surface area contributed by atoms with Crippen molar-refractivity contribution < 1.29 is 0 Å². The molecule has 0 aromatic carbocycles. The van der Waals surface area contributed by atoms with Crippen molar-refractivity contribution in [2.75, 3.05) is 20.6 Å². The van der Waals surface area contributed by atoms with Crippen LogP contribution in [0, 0.1) is 5.92 Å². The molecule has 14 heavy (non-hydrogen) atoms. The van der Waals surface area contributed by atoms with E-state index in [1.807, 2.05) is 14.1 Å². The molecule has 0 saturated carbocycles. The third-order valence-corrected chi connectivity index (χ3v) is 2.52. The Kier molecular flexibility index (Phi) is 6.27. The van der Waals surface area contributed by atoms with E-state index in [4.69, 9.17) is 5.73 Å². The molecule has 0 aliphatic heterocycles. The van der Waals surface area contributed by atoms with Crippen molar-refractivity contribution >= 4 is 0 Å². The van der Waals surface area contributed by atoms with Gasteiger partial charge in [0.05, 0.1) is 6.04 Å². The van der Waals surface area contributed by atoms with Crippen molar-refractivity contribution in [3.8, 4) is 0 Å². The van der Waals surface area contributed by atoms with Crippen molar-refractivity contribution in [3.63, 3.8) is 0 Å². The van der Waals surface area contributed by atoms with Gasteiger partial charge in [0, 0.05) is 6.54 Å². The molecule has 4 nitrogen and oxygen atoms in total. The zero-order valence-electron chi connectivity index (χ0n) is 10.1. The molecular weight excluding hydrogens is 176 g/mol. The fourth-order valence-electron chi connectivity index (χ4n) is 1.51. The average Bonchev–Trinajstić information content (AvgIpc) is 2.16. The Bertz CT molecular complexity index is 145. The van der Waals surface area contributed by atoms with Crippen LogP contribution in [-0.2, 0) is 0 Å². The summed E-state index contributed by atoms with van der Waals surface area (Å²) in [4.78, 5) is 0. The number of nitrogens with two attached hydrogens (primary N) is 1. The van der Waals surface area contributed by atoms with E-state index < -0.39 is 5.79 Å². The van der Waals surface area contributed by atoms with Crippen molar-refractivity contribution in [3.05, 3.63) is 0 Å². The Labute approximate surface area is 88.0 Å². The average molecular weight is 202 g/mol. The molecule has 0 heterocycles. The fraction of sp³-hybridized carbons (Fsp3) is 1.00. The zero-order chi connectivity index (χ0) is 11.2. The maximum atomic E-state index is 6.23. The van der Waals surface area contributed by atoms with E-state index in [-0.39, 0.29) is 6.04 Å². The topological polar surface area (TPSA) is 62.1 Å². The Balaban J connectivity index is 4.28. The first-order valence-corrected chi connectivity index (χ1v) is 5.40. The number of nitrogens with one attached hydrogen (secondary N) is 3. The number of hydrogen-bond acceptors (Lipinski definition) is 4. The van der Waals surface area contributed by atoms with E-state index >= 15 is 0 Å². The Morgan fingerprint density at radius 3 is 2.14 bits per heavy atom. The molecule has 5 N–H and O–H groups in total. The predicted octanol–water partition coefficient (Wildman–Crippen LogP) is 0.0619. The van der Waals surface area contributed by atoms with Crippen LogP contribution in [0.5, 0.6) is 0 Å². The molecule has 2 atom stereocenters. The Morgan fingerprint density at radius 1 is 1.29 bits per heavy atom. The summed E-state index contributed by atoms with van der Waals surface area (Å²) in [5.41, 5.74) is 6.23. The molecule has 0 aromatic rings. The van der Waals surface area contributed by atoms with Crippen molar-refractivity contribution in [1.29, 1.82) is 0 Å². The van der Waals surface area contributed by atoms with Gasteiger partial charge in [-0.25, -0.2) is 0 Å². The van der Waals surface area contributed by atoms with E-state index in [0.717, 1.165) is 13.0 Å². The van der Waals surface area contributed by atoms with Crippen molar-refractivity contribution in [2.24, 2.45) is 11.7 Å². The van der Waals surface area contributed by atoms with E-state index in [1.54, 1.807) is 0 Å². The first kappa shape index (κ1) is 13.8. The van der Waals surface area contributed by atoms with Gasteiger partial charge in [0.2, 0.25) is 0 Å². The lowest BCUT2D eigenvalue weighted by molar-refractivity contribution is 0.195. The highest BCUT2D eigenvalue weighted by Crippen LogP contribution is 2.04. The molecule has 2 unspecified atom stereocenters. The van der Waals surface area contributed by atoms with Gasteiger partial charge in [0.25, 0.3) is 0 Å². The summed E-state index contributed by atoms with van der Waals surface area (Å²) in [6.45, 7) is 7.37. The van der Waals surface area contributed by atoms with Gasteiger partial charge in [-0.3, -0.25) is 16.4 Å². The largest absolute Gasteiger partial charge is 0.313 e. The van der Waals surface area contributed by atoms with Crippen LogP contribution in [0.25, 0.3) is 0 Å². The summed E-state index contributed by atoms with van der Waals surface area (Å²) >= 11 is 0. The van der Waals surface area contributed by atoms with Crippen LogP contribution >= 0.6 is 0 Å². The van der Waals surface area contributed by atoms with Gasteiger partial charge in [-0.2, -0.15) is 0 Å². The van der Waals surface area contributed by atoms with Crippen LogP contribution in [0.3, 0.4) is 0 Å². The van der Waals surface area contributed by atoms with Crippen molar-refractivity contribution in [2.45, 2.75) is 39.0 Å². The van der Waals surface area contributed by atoms with Gasteiger partial charge < -0.3 is 5.32 Å². The highest BCUT2D eigenvalue weighted by atomic mass is 15.3. The third kappa shape index (κ3) is 3.92. The lowest BCUT2D eigenvalue weighted by Crippen LogP contribution is -2.73. The van der Waals surface area contributed by atoms with Crippen LogP contribution in [0.1, 0.15) is 27.2 Å². The maximum absolute atomic E-state index is 6.23. The molecule has 0 spiro atoms. The smallest absolute Gasteiger partial charge is 0.136 e. The van der Waals surface area contributed by atoms with Gasteiger partial charge in [-0.15, -0.1) is 0 Å². The molecule has 0 saturated heterocycles. The van der Waals surface area contributed by atoms with Gasteiger partial charge in [-0.05, 0) is 26.4 Å². The minimum atomic E-state index is -0.520. The van der Waals surface area contributed by atoms with Crippen LogP contribution in [0.15, 0.2) is 0 Å². The lowest BCUT2D eigenvalue weighted by atomic mass is 10.1. The van der Waals surface area contributed by atoms with Gasteiger partial charge in [0.1, 0.15) is 5.79 Å². The van der Waals surface area contributed by atoms with Crippen molar-refractivity contribution in [1.82, 2.24) is 16.0 Å². The molecule has 4 heteroatoms. The number of hydrogen-bond donors (Lipinski definition) is 4. The lowest BCUT2D eigenvalue weighted by Gasteiger charge is -2.38. The SMILES string of the molecule is CCC(NC)C(N)(NC)NCC(C)C. The molecule has 86 valence electrons. The molecule has 0 aromatic heterocycles. The van der Waals surface area contributed by atoms with E-state index in [1.165, 1.54) is 0 Å². The van der Waals surface area contributed by atoms with Crippen LogP contribution < -0.4 is 21.7 Å². The second kappa shape index (κ2) is 6.35. The minimum absolute atomic E-state index is 0.228. The monoisotopic (exact) mass is 202 g/mol. The van der Waals surface area contributed by atoms with Gasteiger partial charge >= 0.3 is 0 Å². The maximum Gasteiger partial charge on any atom is 0.136 e. The highest BCUT2D eigenvalue weighted by molar-refractivity contribution is 4.89. The Morgan fingerprint density at radius 2 is 1.86 bits per heavy atom. The standard InChI is InChI=1S/C10H26N4/c1-6-9(12-4)10(11,13-5)14-7-8(2)3/h8-9,12-14H,6-7,11H2,1-5H3. The highest BCUT2D eigenvalue weighted by Gasteiger charge is 2.30. The summed E-state index contributed by atoms with van der Waals surface area (Å²) in [6, 6.07) is 0.228.